The second-order valence-electron chi connectivity index (χ2n) is 5.02. The van der Waals surface area contributed by atoms with Crippen molar-refractivity contribution in [2.45, 2.75) is 58.9 Å². The van der Waals surface area contributed by atoms with Gasteiger partial charge in [-0.1, -0.05) is 44.8 Å². The van der Waals surface area contributed by atoms with Gasteiger partial charge in [0.15, 0.2) is 0 Å². The molecule has 0 radical (unpaired) electrons. The van der Waals surface area contributed by atoms with Crippen LogP contribution in [0.15, 0.2) is 11.8 Å². The minimum atomic E-state index is -1.18. The summed E-state index contributed by atoms with van der Waals surface area (Å²) in [6.45, 7) is 10.4. The second kappa shape index (κ2) is 6.83. The van der Waals surface area contributed by atoms with Gasteiger partial charge in [-0.2, -0.15) is 0 Å². The van der Waals surface area contributed by atoms with Gasteiger partial charge in [-0.3, -0.25) is 4.79 Å². The number of unbranched alkanes of at least 4 members (excludes halogenated alkanes) is 1. The van der Waals surface area contributed by atoms with Gasteiger partial charge in [0.2, 0.25) is 0 Å². The molecule has 3 heteroatoms. The van der Waals surface area contributed by atoms with Gasteiger partial charge in [-0.25, -0.2) is 0 Å². The Kier molecular flexibility index (Phi) is 6.57. The van der Waals surface area contributed by atoms with Crippen LogP contribution in [-0.4, -0.2) is 20.1 Å². The van der Waals surface area contributed by atoms with Crippen molar-refractivity contribution in [1.82, 2.24) is 0 Å². The quantitative estimate of drug-likeness (QED) is 0.513. The van der Waals surface area contributed by atoms with Gasteiger partial charge in [0.25, 0.3) is 0 Å². The van der Waals surface area contributed by atoms with Crippen LogP contribution in [0.3, 0.4) is 0 Å². The van der Waals surface area contributed by atoms with E-state index in [4.69, 9.17) is 4.74 Å². The van der Waals surface area contributed by atoms with Crippen LogP contribution in [0.25, 0.3) is 0 Å². The molecule has 0 aromatic heterocycles. The predicted octanol–water partition coefficient (Wildman–Crippen LogP) is 3.54. The Labute approximate surface area is 94.7 Å². The van der Waals surface area contributed by atoms with Crippen molar-refractivity contribution in [2.24, 2.45) is 0 Å². The standard InChI is InChI=1S/C12H24O2Si/c1-6-7-8-12(14-11(2)13)9-10-15(3,4)5/h9-10,12H,6-8H2,1-5H3/b10-9+. The van der Waals surface area contributed by atoms with Crippen molar-refractivity contribution in [3.8, 4) is 0 Å². The lowest BCUT2D eigenvalue weighted by atomic mass is 10.1. The Hall–Kier alpha value is -0.573. The molecule has 0 aromatic carbocycles. The highest BCUT2D eigenvalue weighted by Crippen LogP contribution is 2.10. The van der Waals surface area contributed by atoms with Gasteiger partial charge < -0.3 is 4.74 Å². The lowest BCUT2D eigenvalue weighted by molar-refractivity contribution is -0.144. The smallest absolute Gasteiger partial charge is 0.303 e. The Morgan fingerprint density at radius 2 is 2.00 bits per heavy atom. The number of hydrogen-bond donors (Lipinski definition) is 0. The van der Waals surface area contributed by atoms with Crippen molar-refractivity contribution in [2.75, 3.05) is 0 Å². The van der Waals surface area contributed by atoms with E-state index in [0.29, 0.717) is 0 Å². The zero-order valence-corrected chi connectivity index (χ0v) is 11.7. The Bertz CT molecular complexity index is 216. The third kappa shape index (κ3) is 9.72. The van der Waals surface area contributed by atoms with E-state index in [1.165, 1.54) is 6.92 Å². The molecule has 0 fully saturated rings. The molecule has 0 saturated heterocycles. The van der Waals surface area contributed by atoms with E-state index >= 15 is 0 Å². The molecule has 0 spiro atoms. The van der Waals surface area contributed by atoms with Crippen LogP contribution < -0.4 is 0 Å². The first kappa shape index (κ1) is 14.4. The number of carbonyl (C=O) groups is 1. The molecule has 1 unspecified atom stereocenters. The van der Waals surface area contributed by atoms with Gasteiger partial charge in [-0.15, -0.1) is 0 Å². The molecule has 0 saturated carbocycles. The van der Waals surface area contributed by atoms with E-state index in [1.54, 1.807) is 0 Å². The van der Waals surface area contributed by atoms with E-state index in [2.05, 4.69) is 38.3 Å². The molecule has 0 bridgehead atoms. The maximum absolute atomic E-state index is 10.9. The average molecular weight is 228 g/mol. The summed E-state index contributed by atoms with van der Waals surface area (Å²) in [4.78, 5) is 10.9. The van der Waals surface area contributed by atoms with Crippen LogP contribution in [0.5, 0.6) is 0 Å². The SMILES string of the molecule is CCCCC(/C=C/[Si](C)(C)C)OC(C)=O. The highest BCUT2D eigenvalue weighted by Gasteiger charge is 2.11. The fourth-order valence-electron chi connectivity index (χ4n) is 1.21. The number of esters is 1. The minimum absolute atomic E-state index is 0.0193. The van der Waals surface area contributed by atoms with Crippen molar-refractivity contribution >= 4 is 14.0 Å². The topological polar surface area (TPSA) is 26.3 Å². The maximum Gasteiger partial charge on any atom is 0.303 e. The third-order valence-electron chi connectivity index (χ3n) is 1.97. The zero-order valence-electron chi connectivity index (χ0n) is 10.7. The van der Waals surface area contributed by atoms with E-state index in [0.717, 1.165) is 19.3 Å². The molecule has 0 aromatic rings. The van der Waals surface area contributed by atoms with E-state index in [1.807, 2.05) is 0 Å². The summed E-state index contributed by atoms with van der Waals surface area (Å²) in [5.74, 6) is -0.184. The molecule has 0 N–H and O–H groups in total. The summed E-state index contributed by atoms with van der Waals surface area (Å²) < 4.78 is 5.24. The van der Waals surface area contributed by atoms with Gasteiger partial charge in [0, 0.05) is 6.92 Å². The van der Waals surface area contributed by atoms with Crippen molar-refractivity contribution in [3.05, 3.63) is 11.8 Å². The first-order valence-electron chi connectivity index (χ1n) is 5.71. The average Bonchev–Trinajstić information content (AvgIpc) is 2.07. The minimum Gasteiger partial charge on any atom is -0.458 e. The fourth-order valence-corrected chi connectivity index (χ4v) is 2.00. The monoisotopic (exact) mass is 228 g/mol. The molecule has 0 aliphatic rings. The Morgan fingerprint density at radius 1 is 1.40 bits per heavy atom. The molecule has 88 valence electrons. The van der Waals surface area contributed by atoms with Crippen LogP contribution in [0.4, 0.5) is 0 Å². The normalized spacial score (nSPS) is 14.2. The Balaban J connectivity index is 4.23. The first-order chi connectivity index (χ1) is 6.85. The number of hydrogen-bond acceptors (Lipinski definition) is 2. The highest BCUT2D eigenvalue weighted by molar-refractivity contribution is 6.80. The molecule has 0 amide bonds. The molecule has 2 nitrogen and oxygen atoms in total. The van der Waals surface area contributed by atoms with Crippen LogP contribution in [0.2, 0.25) is 19.6 Å². The zero-order chi connectivity index (χ0) is 11.9. The largest absolute Gasteiger partial charge is 0.458 e. The lowest BCUT2D eigenvalue weighted by Crippen LogP contribution is -2.19. The number of rotatable bonds is 6. The lowest BCUT2D eigenvalue weighted by Gasteiger charge is -2.15. The van der Waals surface area contributed by atoms with E-state index in [9.17, 15) is 4.79 Å². The third-order valence-corrected chi connectivity index (χ3v) is 3.16. The predicted molar refractivity (Wildman–Crippen MR) is 67.6 cm³/mol. The van der Waals surface area contributed by atoms with Gasteiger partial charge in [-0.05, 0) is 12.8 Å². The number of carbonyl (C=O) groups excluding carboxylic acids is 1. The van der Waals surface area contributed by atoms with Crippen molar-refractivity contribution < 1.29 is 9.53 Å². The maximum atomic E-state index is 10.9. The van der Waals surface area contributed by atoms with Crippen LogP contribution in [-0.2, 0) is 9.53 Å². The Morgan fingerprint density at radius 3 is 2.40 bits per heavy atom. The molecule has 0 aliphatic heterocycles. The van der Waals surface area contributed by atoms with Crippen molar-refractivity contribution in [3.63, 3.8) is 0 Å². The molecule has 15 heavy (non-hydrogen) atoms. The second-order valence-corrected chi connectivity index (χ2v) is 10.1. The van der Waals surface area contributed by atoms with Gasteiger partial charge >= 0.3 is 5.97 Å². The van der Waals surface area contributed by atoms with Crippen LogP contribution in [0, 0.1) is 0 Å². The van der Waals surface area contributed by atoms with Gasteiger partial charge in [0.1, 0.15) is 6.10 Å². The first-order valence-corrected chi connectivity index (χ1v) is 9.29. The van der Waals surface area contributed by atoms with Crippen molar-refractivity contribution in [1.29, 1.82) is 0 Å². The molecule has 0 heterocycles. The molecular formula is C12H24O2Si. The fraction of sp³-hybridized carbons (Fsp3) is 0.750. The van der Waals surface area contributed by atoms with Crippen LogP contribution in [0.1, 0.15) is 33.1 Å². The van der Waals surface area contributed by atoms with Gasteiger partial charge in [0.05, 0.1) is 8.07 Å². The molecule has 0 aliphatic carbocycles. The summed E-state index contributed by atoms with van der Waals surface area (Å²) >= 11 is 0. The summed E-state index contributed by atoms with van der Waals surface area (Å²) in [7, 11) is -1.18. The number of ether oxygens (including phenoxy) is 1. The summed E-state index contributed by atoms with van der Waals surface area (Å²) in [5, 5.41) is 0. The van der Waals surface area contributed by atoms with E-state index in [-0.39, 0.29) is 12.1 Å². The molecule has 0 rings (SSSR count). The summed E-state index contributed by atoms with van der Waals surface area (Å²) in [5.41, 5.74) is 2.25. The van der Waals surface area contributed by atoms with E-state index < -0.39 is 8.07 Å². The molecular weight excluding hydrogens is 204 g/mol. The highest BCUT2D eigenvalue weighted by atomic mass is 28.3. The summed E-state index contributed by atoms with van der Waals surface area (Å²) in [6.07, 6.45) is 5.24. The molecule has 1 atom stereocenters. The van der Waals surface area contributed by atoms with Crippen LogP contribution >= 0.6 is 0 Å². The summed E-state index contributed by atoms with van der Waals surface area (Å²) in [6, 6.07) is 0.